The molecule has 2 fully saturated rings. The summed E-state index contributed by atoms with van der Waals surface area (Å²) in [6.07, 6.45) is 4.15. The van der Waals surface area contributed by atoms with E-state index in [1.807, 2.05) is 0 Å². The third-order valence-electron chi connectivity index (χ3n) is 3.89. The number of hydrogen-bond donors (Lipinski definition) is 2. The van der Waals surface area contributed by atoms with Gasteiger partial charge in [-0.3, -0.25) is 9.35 Å². The van der Waals surface area contributed by atoms with Crippen molar-refractivity contribution in [1.29, 1.82) is 0 Å². The van der Waals surface area contributed by atoms with Crippen LogP contribution in [0.5, 0.6) is 0 Å². The van der Waals surface area contributed by atoms with Gasteiger partial charge in [0.25, 0.3) is 10.1 Å². The van der Waals surface area contributed by atoms with E-state index in [0.29, 0.717) is 19.5 Å². The van der Waals surface area contributed by atoms with Gasteiger partial charge >= 0.3 is 0 Å². The lowest BCUT2D eigenvalue weighted by Gasteiger charge is -2.21. The average molecular weight is 261 g/mol. The summed E-state index contributed by atoms with van der Waals surface area (Å²) in [5.41, 5.74) is 0. The van der Waals surface area contributed by atoms with Gasteiger partial charge in [-0.25, -0.2) is 0 Å². The molecule has 1 aliphatic carbocycles. The molecule has 1 saturated carbocycles. The van der Waals surface area contributed by atoms with E-state index in [1.54, 1.807) is 0 Å². The smallest absolute Gasteiger partial charge is 0.275 e. The zero-order chi connectivity index (χ0) is 12.5. The van der Waals surface area contributed by atoms with Crippen molar-refractivity contribution in [3.63, 3.8) is 0 Å². The molecule has 0 aromatic carbocycles. The Morgan fingerprint density at radius 1 is 1.24 bits per heavy atom. The van der Waals surface area contributed by atoms with Crippen LogP contribution < -0.4 is 5.32 Å². The second-order valence-corrected chi connectivity index (χ2v) is 6.61. The van der Waals surface area contributed by atoms with Gasteiger partial charge < -0.3 is 5.32 Å². The molecule has 0 bridgehead atoms. The van der Waals surface area contributed by atoms with E-state index >= 15 is 0 Å². The van der Waals surface area contributed by atoms with E-state index in [2.05, 4.69) is 5.32 Å². The lowest BCUT2D eigenvalue weighted by Crippen LogP contribution is -2.41. The van der Waals surface area contributed by atoms with Crippen molar-refractivity contribution in [3.05, 3.63) is 0 Å². The van der Waals surface area contributed by atoms with Crippen LogP contribution in [-0.2, 0) is 14.9 Å². The third-order valence-corrected chi connectivity index (χ3v) is 5.14. The molecule has 1 unspecified atom stereocenters. The third kappa shape index (κ3) is 2.86. The first-order chi connectivity index (χ1) is 8.00. The molecule has 0 aromatic heterocycles. The second-order valence-electron chi connectivity index (χ2n) is 5.07. The van der Waals surface area contributed by atoms with Gasteiger partial charge in [-0.05, 0) is 38.3 Å². The highest BCUT2D eigenvalue weighted by Gasteiger charge is 2.42. The summed E-state index contributed by atoms with van der Waals surface area (Å²) >= 11 is 0. The minimum Gasteiger partial charge on any atom is -0.316 e. The van der Waals surface area contributed by atoms with Crippen LogP contribution in [0, 0.1) is 11.8 Å². The number of carbonyl (C=O) groups excluding carboxylic acids is 1. The number of hydrogen-bond acceptors (Lipinski definition) is 4. The van der Waals surface area contributed by atoms with Gasteiger partial charge in [0.05, 0.1) is 0 Å². The number of carbonyl (C=O) groups is 1. The van der Waals surface area contributed by atoms with E-state index in [-0.39, 0.29) is 17.6 Å². The Labute approximate surface area is 102 Å². The summed E-state index contributed by atoms with van der Waals surface area (Å²) in [6.45, 7) is 1.22. The zero-order valence-corrected chi connectivity index (χ0v) is 10.6. The van der Waals surface area contributed by atoms with Crippen molar-refractivity contribution >= 4 is 15.9 Å². The lowest BCUT2D eigenvalue weighted by molar-refractivity contribution is -0.123. The average Bonchev–Trinajstić information content (AvgIpc) is 2.87. The highest BCUT2D eigenvalue weighted by molar-refractivity contribution is 7.87. The molecule has 0 amide bonds. The van der Waals surface area contributed by atoms with Crippen molar-refractivity contribution in [1.82, 2.24) is 5.32 Å². The fourth-order valence-corrected chi connectivity index (χ4v) is 4.21. The van der Waals surface area contributed by atoms with Gasteiger partial charge in [-0.15, -0.1) is 0 Å². The Kier molecular flexibility index (Phi) is 3.85. The van der Waals surface area contributed by atoms with Gasteiger partial charge in [0.1, 0.15) is 5.25 Å². The largest absolute Gasteiger partial charge is 0.316 e. The molecule has 17 heavy (non-hydrogen) atoms. The molecule has 2 N–H and O–H groups in total. The summed E-state index contributed by atoms with van der Waals surface area (Å²) in [6, 6.07) is 0. The molecule has 1 aliphatic heterocycles. The SMILES string of the molecule is O=C(C1CCCC1)[C@@H](C1CCNC1)S(=O)(=O)O. The molecular formula is C11H19NO4S. The van der Waals surface area contributed by atoms with Crippen LogP contribution in [0.4, 0.5) is 0 Å². The Balaban J connectivity index is 2.17. The topological polar surface area (TPSA) is 83.5 Å². The van der Waals surface area contributed by atoms with Gasteiger partial charge in [0, 0.05) is 5.92 Å². The lowest BCUT2D eigenvalue weighted by atomic mass is 9.92. The first-order valence-electron chi connectivity index (χ1n) is 6.21. The molecule has 1 heterocycles. The maximum atomic E-state index is 12.2. The van der Waals surface area contributed by atoms with E-state index in [1.165, 1.54) is 0 Å². The number of ketones is 1. The number of nitrogens with one attached hydrogen (secondary N) is 1. The quantitative estimate of drug-likeness (QED) is 0.724. The zero-order valence-electron chi connectivity index (χ0n) is 9.76. The highest BCUT2D eigenvalue weighted by Crippen LogP contribution is 2.31. The maximum absolute atomic E-state index is 12.2. The summed E-state index contributed by atoms with van der Waals surface area (Å²) in [7, 11) is -4.27. The molecule has 5 nitrogen and oxygen atoms in total. The number of rotatable bonds is 4. The molecule has 1 saturated heterocycles. The van der Waals surface area contributed by atoms with Crippen LogP contribution in [0.25, 0.3) is 0 Å². The van der Waals surface area contributed by atoms with Crippen LogP contribution in [0.15, 0.2) is 0 Å². The number of Topliss-reactive ketones (excluding diaryl/α,β-unsaturated/α-hetero) is 1. The molecule has 6 heteroatoms. The van der Waals surface area contributed by atoms with Gasteiger partial charge in [0.15, 0.2) is 5.78 Å². The van der Waals surface area contributed by atoms with E-state index in [9.17, 15) is 17.8 Å². The first-order valence-corrected chi connectivity index (χ1v) is 7.71. The van der Waals surface area contributed by atoms with Gasteiger partial charge in [-0.2, -0.15) is 8.42 Å². The van der Waals surface area contributed by atoms with E-state index in [4.69, 9.17) is 0 Å². The molecule has 2 atom stereocenters. The fourth-order valence-electron chi connectivity index (χ4n) is 3.00. The Hall–Kier alpha value is -0.460. The van der Waals surface area contributed by atoms with E-state index < -0.39 is 15.4 Å². The predicted molar refractivity (Wildman–Crippen MR) is 63.3 cm³/mol. The Morgan fingerprint density at radius 3 is 2.35 bits per heavy atom. The predicted octanol–water partition coefficient (Wildman–Crippen LogP) is 0.612. The van der Waals surface area contributed by atoms with Gasteiger partial charge in [-0.1, -0.05) is 12.8 Å². The fraction of sp³-hybridized carbons (Fsp3) is 0.909. The van der Waals surface area contributed by atoms with Crippen molar-refractivity contribution in [2.24, 2.45) is 11.8 Å². The summed E-state index contributed by atoms with van der Waals surface area (Å²) in [5.74, 6) is -0.695. The van der Waals surface area contributed by atoms with Crippen LogP contribution in [0.2, 0.25) is 0 Å². The summed E-state index contributed by atoms with van der Waals surface area (Å²) in [4.78, 5) is 12.2. The standard InChI is InChI=1S/C11H19NO4S/c13-10(8-3-1-2-4-8)11(17(14,15)16)9-5-6-12-7-9/h8-9,11-12H,1-7H2,(H,14,15,16)/t9?,11-/m1/s1. The molecule has 2 aliphatic rings. The van der Waals surface area contributed by atoms with Crippen LogP contribution in [-0.4, -0.2) is 37.1 Å². The van der Waals surface area contributed by atoms with Crippen LogP contribution in [0.3, 0.4) is 0 Å². The minimum absolute atomic E-state index is 0.164. The van der Waals surface area contributed by atoms with Crippen molar-refractivity contribution in [2.45, 2.75) is 37.4 Å². The van der Waals surface area contributed by atoms with Crippen molar-refractivity contribution in [2.75, 3.05) is 13.1 Å². The molecule has 2 rings (SSSR count). The molecule has 0 aromatic rings. The van der Waals surface area contributed by atoms with Crippen LogP contribution >= 0.6 is 0 Å². The van der Waals surface area contributed by atoms with Gasteiger partial charge in [0.2, 0.25) is 0 Å². The van der Waals surface area contributed by atoms with Crippen molar-refractivity contribution < 1.29 is 17.8 Å². The first kappa shape index (κ1) is 13.0. The normalized spacial score (nSPS) is 28.4. The molecular weight excluding hydrogens is 242 g/mol. The second kappa shape index (κ2) is 5.04. The molecule has 98 valence electrons. The maximum Gasteiger partial charge on any atom is 0.275 e. The molecule has 0 spiro atoms. The summed E-state index contributed by atoms with van der Waals surface area (Å²) in [5, 5.41) is 1.83. The van der Waals surface area contributed by atoms with E-state index in [0.717, 1.165) is 25.7 Å². The Morgan fingerprint density at radius 2 is 1.88 bits per heavy atom. The minimum atomic E-state index is -4.27. The molecule has 0 radical (unpaired) electrons. The summed E-state index contributed by atoms with van der Waals surface area (Å²) < 4.78 is 32.1. The Bertz CT molecular complexity index is 380. The monoisotopic (exact) mass is 261 g/mol. The van der Waals surface area contributed by atoms with Crippen LogP contribution in [0.1, 0.15) is 32.1 Å². The van der Waals surface area contributed by atoms with Crippen molar-refractivity contribution in [3.8, 4) is 0 Å². The highest BCUT2D eigenvalue weighted by atomic mass is 32.2.